The van der Waals surface area contributed by atoms with Crippen molar-refractivity contribution < 1.29 is 9.90 Å². The summed E-state index contributed by atoms with van der Waals surface area (Å²) < 4.78 is 0. The van der Waals surface area contributed by atoms with Crippen molar-refractivity contribution in [2.24, 2.45) is 5.92 Å². The van der Waals surface area contributed by atoms with Crippen molar-refractivity contribution in [1.82, 2.24) is 5.32 Å². The lowest BCUT2D eigenvalue weighted by Crippen LogP contribution is -2.31. The maximum absolute atomic E-state index is 11.3. The third kappa shape index (κ3) is 8.57. The molecule has 0 aromatic heterocycles. The summed E-state index contributed by atoms with van der Waals surface area (Å²) in [7, 11) is 0. The minimum atomic E-state index is -0.0284. The minimum Gasteiger partial charge on any atom is -0.396 e. The van der Waals surface area contributed by atoms with E-state index in [-0.39, 0.29) is 12.5 Å². The second kappa shape index (κ2) is 10.8. The summed E-state index contributed by atoms with van der Waals surface area (Å²) in [4.78, 5) is 11.3. The van der Waals surface area contributed by atoms with Crippen LogP contribution in [0.1, 0.15) is 26.2 Å². The van der Waals surface area contributed by atoms with Crippen LogP contribution in [0.3, 0.4) is 0 Å². The van der Waals surface area contributed by atoms with Crippen LogP contribution in [0, 0.1) is 17.2 Å². The number of hydrogen-bond acceptors (Lipinski definition) is 4. The third-order valence-corrected chi connectivity index (χ3v) is 3.02. The summed E-state index contributed by atoms with van der Waals surface area (Å²) in [6, 6.07) is 1.98. The van der Waals surface area contributed by atoms with Gasteiger partial charge in [-0.15, -0.1) is 11.8 Å². The quantitative estimate of drug-likeness (QED) is 0.597. The Morgan fingerprint density at radius 1 is 1.56 bits per heavy atom. The fourth-order valence-corrected chi connectivity index (χ4v) is 1.92. The summed E-state index contributed by atoms with van der Waals surface area (Å²) in [6.45, 7) is 2.89. The highest BCUT2D eigenvalue weighted by molar-refractivity contribution is 8.00. The van der Waals surface area contributed by atoms with Crippen molar-refractivity contribution in [3.8, 4) is 6.07 Å². The first-order chi connectivity index (χ1) is 7.74. The zero-order valence-electron chi connectivity index (χ0n) is 9.74. The Kier molecular flexibility index (Phi) is 10.3. The molecule has 1 amide bonds. The highest BCUT2D eigenvalue weighted by atomic mass is 32.2. The van der Waals surface area contributed by atoms with Gasteiger partial charge in [-0.1, -0.05) is 13.3 Å². The first-order valence-electron chi connectivity index (χ1n) is 5.56. The van der Waals surface area contributed by atoms with Gasteiger partial charge in [-0.3, -0.25) is 4.79 Å². The molecule has 0 aliphatic heterocycles. The van der Waals surface area contributed by atoms with Crippen LogP contribution in [0.4, 0.5) is 0 Å². The number of nitrogens with zero attached hydrogens (tertiary/aromatic N) is 1. The van der Waals surface area contributed by atoms with E-state index in [1.165, 1.54) is 11.8 Å². The number of carbonyl (C=O) groups is 1. The van der Waals surface area contributed by atoms with Crippen molar-refractivity contribution in [2.45, 2.75) is 26.2 Å². The van der Waals surface area contributed by atoms with Crippen molar-refractivity contribution in [3.63, 3.8) is 0 Å². The van der Waals surface area contributed by atoms with Gasteiger partial charge in [0.05, 0.1) is 17.6 Å². The molecule has 0 aromatic rings. The fraction of sp³-hybridized carbons (Fsp3) is 0.818. The van der Waals surface area contributed by atoms with Crippen LogP contribution in [0.15, 0.2) is 0 Å². The molecule has 0 aromatic carbocycles. The average molecular weight is 244 g/mol. The van der Waals surface area contributed by atoms with Gasteiger partial charge in [0.1, 0.15) is 0 Å². The molecule has 16 heavy (non-hydrogen) atoms. The Balaban J connectivity index is 3.65. The Labute approximate surface area is 101 Å². The second-order valence-corrected chi connectivity index (χ2v) is 4.61. The number of nitriles is 1. The van der Waals surface area contributed by atoms with Gasteiger partial charge in [0.15, 0.2) is 0 Å². The highest BCUT2D eigenvalue weighted by Gasteiger charge is 2.09. The molecule has 4 nitrogen and oxygen atoms in total. The topological polar surface area (TPSA) is 73.1 Å². The van der Waals surface area contributed by atoms with E-state index in [4.69, 9.17) is 10.4 Å². The summed E-state index contributed by atoms with van der Waals surface area (Å²) in [5.74, 6) is 1.02. The van der Waals surface area contributed by atoms with Crippen molar-refractivity contribution in [3.05, 3.63) is 0 Å². The zero-order chi connectivity index (χ0) is 12.2. The van der Waals surface area contributed by atoms with E-state index in [9.17, 15) is 4.79 Å². The van der Waals surface area contributed by atoms with Crippen LogP contribution < -0.4 is 5.32 Å². The molecule has 0 rings (SSSR count). The SMILES string of the molecule is CCCC(CCO)CNC(=O)CSCC#N. The molecule has 0 aliphatic carbocycles. The lowest BCUT2D eigenvalue weighted by Gasteiger charge is -2.15. The largest absolute Gasteiger partial charge is 0.396 e. The average Bonchev–Trinajstić information content (AvgIpc) is 2.27. The maximum atomic E-state index is 11.3. The van der Waals surface area contributed by atoms with E-state index >= 15 is 0 Å². The molecule has 0 aliphatic rings. The van der Waals surface area contributed by atoms with Crippen molar-refractivity contribution in [2.75, 3.05) is 24.7 Å². The predicted molar refractivity (Wildman–Crippen MR) is 66.0 cm³/mol. The number of aliphatic hydroxyl groups is 1. The number of carbonyl (C=O) groups excluding carboxylic acids is 1. The van der Waals surface area contributed by atoms with E-state index in [1.807, 2.05) is 6.07 Å². The first-order valence-corrected chi connectivity index (χ1v) is 6.72. The third-order valence-electron chi connectivity index (χ3n) is 2.22. The van der Waals surface area contributed by atoms with Crippen LogP contribution in [0.2, 0.25) is 0 Å². The minimum absolute atomic E-state index is 0.0284. The Morgan fingerprint density at radius 2 is 2.31 bits per heavy atom. The van der Waals surface area contributed by atoms with Gasteiger partial charge >= 0.3 is 0 Å². The monoisotopic (exact) mass is 244 g/mol. The molecule has 0 saturated carbocycles. The number of thioether (sulfide) groups is 1. The van der Waals surface area contributed by atoms with E-state index in [1.54, 1.807) is 0 Å². The fourth-order valence-electron chi connectivity index (χ4n) is 1.44. The number of aliphatic hydroxyl groups excluding tert-OH is 1. The van der Waals surface area contributed by atoms with Crippen LogP contribution in [-0.2, 0) is 4.79 Å². The molecule has 1 atom stereocenters. The summed E-state index contributed by atoms with van der Waals surface area (Å²) >= 11 is 1.32. The molecule has 0 bridgehead atoms. The molecule has 1 unspecified atom stereocenters. The molecule has 92 valence electrons. The zero-order valence-corrected chi connectivity index (χ0v) is 10.6. The number of amides is 1. The Hall–Kier alpha value is -0.730. The van der Waals surface area contributed by atoms with Crippen LogP contribution >= 0.6 is 11.8 Å². The van der Waals surface area contributed by atoms with Gasteiger partial charge in [0.2, 0.25) is 5.91 Å². The van der Waals surface area contributed by atoms with E-state index < -0.39 is 0 Å². The molecule has 0 fully saturated rings. The molecule has 2 N–H and O–H groups in total. The van der Waals surface area contributed by atoms with Crippen LogP contribution in [-0.4, -0.2) is 35.7 Å². The lowest BCUT2D eigenvalue weighted by molar-refractivity contribution is -0.118. The maximum Gasteiger partial charge on any atom is 0.230 e. The smallest absolute Gasteiger partial charge is 0.230 e. The molecular formula is C11H20N2O2S. The summed E-state index contributed by atoms with van der Waals surface area (Å²) in [5, 5.41) is 20.0. The number of rotatable bonds is 9. The molecule has 0 spiro atoms. The second-order valence-electron chi connectivity index (χ2n) is 3.62. The Bertz CT molecular complexity index is 223. The Morgan fingerprint density at radius 3 is 2.88 bits per heavy atom. The first kappa shape index (κ1) is 15.3. The van der Waals surface area contributed by atoms with Gasteiger partial charge in [0, 0.05) is 13.2 Å². The van der Waals surface area contributed by atoms with E-state index in [2.05, 4.69) is 12.2 Å². The predicted octanol–water partition coefficient (Wildman–Crippen LogP) is 1.16. The van der Waals surface area contributed by atoms with E-state index in [0.29, 0.717) is 24.0 Å². The van der Waals surface area contributed by atoms with Gasteiger partial charge in [-0.25, -0.2) is 0 Å². The van der Waals surface area contributed by atoms with Crippen LogP contribution in [0.5, 0.6) is 0 Å². The molecule has 0 heterocycles. The summed E-state index contributed by atoms with van der Waals surface area (Å²) in [6.07, 6.45) is 2.81. The molecular weight excluding hydrogens is 224 g/mol. The number of nitrogens with one attached hydrogen (secondary N) is 1. The van der Waals surface area contributed by atoms with Gasteiger partial charge < -0.3 is 10.4 Å². The molecule has 0 saturated heterocycles. The molecule has 5 heteroatoms. The van der Waals surface area contributed by atoms with Gasteiger partial charge in [-0.05, 0) is 18.8 Å². The van der Waals surface area contributed by atoms with Gasteiger partial charge in [-0.2, -0.15) is 5.26 Å². The number of hydrogen-bond donors (Lipinski definition) is 2. The standard InChI is InChI=1S/C11H20N2O2S/c1-2-3-10(4-6-14)8-13-11(15)9-16-7-5-12/h10,14H,2-4,6-9H2,1H3,(H,13,15). The highest BCUT2D eigenvalue weighted by Crippen LogP contribution is 2.09. The van der Waals surface area contributed by atoms with Crippen molar-refractivity contribution in [1.29, 1.82) is 5.26 Å². The molecule has 0 radical (unpaired) electrons. The van der Waals surface area contributed by atoms with Gasteiger partial charge in [0.25, 0.3) is 0 Å². The van der Waals surface area contributed by atoms with Crippen LogP contribution in [0.25, 0.3) is 0 Å². The van der Waals surface area contributed by atoms with Crippen molar-refractivity contribution >= 4 is 17.7 Å². The lowest BCUT2D eigenvalue weighted by atomic mass is 10.0. The normalized spacial score (nSPS) is 11.8. The van der Waals surface area contributed by atoms with E-state index in [0.717, 1.165) is 19.3 Å². The summed E-state index contributed by atoms with van der Waals surface area (Å²) in [5.41, 5.74) is 0.